The van der Waals surface area contributed by atoms with E-state index in [1.807, 2.05) is 0 Å². The molecule has 2 rings (SSSR count). The third-order valence-electron chi connectivity index (χ3n) is 2.58. The largest absolute Gasteiger partial charge is 0.353 e. The molecule has 0 spiro atoms. The Morgan fingerprint density at radius 3 is 2.94 bits per heavy atom. The molecule has 0 saturated heterocycles. The van der Waals surface area contributed by atoms with E-state index in [0.717, 1.165) is 17.9 Å². The summed E-state index contributed by atoms with van der Waals surface area (Å²) in [6.45, 7) is 5.81. The number of nitrogens with zero attached hydrogens (tertiary/aromatic N) is 5. The standard InChI is InChI=1S/C12H16N6/c1-9(2)6-18(5-3-4-13)12-10-11(15-7-14-10)16-8-17-12/h7-9H,3,5-6H2,1-2H3,(H,14,15,16,17). The maximum atomic E-state index is 8.74. The fourth-order valence-corrected chi connectivity index (χ4v) is 1.90. The number of H-pyrrole nitrogens is 1. The SMILES string of the molecule is CC(C)CN(CCC#N)c1ncnc2nc[nH]c12. The molecule has 0 radical (unpaired) electrons. The van der Waals surface area contributed by atoms with E-state index >= 15 is 0 Å². The Hall–Kier alpha value is -2.16. The molecule has 2 aromatic rings. The van der Waals surface area contributed by atoms with Gasteiger partial charge in [-0.3, -0.25) is 0 Å². The second-order valence-electron chi connectivity index (χ2n) is 4.55. The summed E-state index contributed by atoms with van der Waals surface area (Å²) >= 11 is 0. The van der Waals surface area contributed by atoms with Gasteiger partial charge in [0.2, 0.25) is 0 Å². The zero-order valence-electron chi connectivity index (χ0n) is 10.6. The first-order chi connectivity index (χ1) is 8.72. The lowest BCUT2D eigenvalue weighted by atomic mass is 10.2. The molecular weight excluding hydrogens is 228 g/mol. The van der Waals surface area contributed by atoms with Crippen LogP contribution < -0.4 is 4.90 Å². The Morgan fingerprint density at radius 1 is 1.39 bits per heavy atom. The number of hydrogen-bond acceptors (Lipinski definition) is 5. The second kappa shape index (κ2) is 5.45. The number of nitrogens with one attached hydrogen (secondary N) is 1. The van der Waals surface area contributed by atoms with Gasteiger partial charge in [0.25, 0.3) is 0 Å². The Bertz CT molecular complexity index is 553. The van der Waals surface area contributed by atoms with E-state index in [2.05, 4.69) is 44.8 Å². The van der Waals surface area contributed by atoms with Crippen LogP contribution in [0.2, 0.25) is 0 Å². The van der Waals surface area contributed by atoms with Crippen LogP contribution in [0.3, 0.4) is 0 Å². The van der Waals surface area contributed by atoms with E-state index in [1.165, 1.54) is 6.33 Å². The van der Waals surface area contributed by atoms with Gasteiger partial charge < -0.3 is 9.88 Å². The number of anilines is 1. The molecule has 0 aliphatic heterocycles. The van der Waals surface area contributed by atoms with Crippen LogP contribution in [0.25, 0.3) is 11.2 Å². The number of nitriles is 1. The van der Waals surface area contributed by atoms with Crippen LogP contribution in [0.15, 0.2) is 12.7 Å². The lowest BCUT2D eigenvalue weighted by molar-refractivity contribution is 0.608. The zero-order chi connectivity index (χ0) is 13.0. The minimum atomic E-state index is 0.479. The van der Waals surface area contributed by atoms with Crippen molar-refractivity contribution in [1.82, 2.24) is 19.9 Å². The third kappa shape index (κ3) is 2.56. The third-order valence-corrected chi connectivity index (χ3v) is 2.58. The minimum absolute atomic E-state index is 0.479. The van der Waals surface area contributed by atoms with Gasteiger partial charge >= 0.3 is 0 Å². The quantitative estimate of drug-likeness (QED) is 0.866. The maximum Gasteiger partial charge on any atom is 0.182 e. The highest BCUT2D eigenvalue weighted by Gasteiger charge is 2.14. The maximum absolute atomic E-state index is 8.74. The summed E-state index contributed by atoms with van der Waals surface area (Å²) in [7, 11) is 0. The summed E-state index contributed by atoms with van der Waals surface area (Å²) in [4.78, 5) is 17.7. The van der Waals surface area contributed by atoms with Gasteiger partial charge in [-0.2, -0.15) is 5.26 Å². The van der Waals surface area contributed by atoms with Crippen LogP contribution in [0, 0.1) is 17.2 Å². The zero-order valence-corrected chi connectivity index (χ0v) is 10.6. The van der Waals surface area contributed by atoms with Crippen molar-refractivity contribution in [1.29, 1.82) is 5.26 Å². The first-order valence-corrected chi connectivity index (χ1v) is 5.98. The van der Waals surface area contributed by atoms with Crippen molar-refractivity contribution in [2.24, 2.45) is 5.92 Å². The van der Waals surface area contributed by atoms with Crippen LogP contribution in [0.4, 0.5) is 5.82 Å². The topological polar surface area (TPSA) is 81.5 Å². The number of aromatic nitrogens is 4. The Balaban J connectivity index is 2.34. The predicted octanol–water partition coefficient (Wildman–Crippen LogP) is 1.73. The van der Waals surface area contributed by atoms with Crippen molar-refractivity contribution in [3.63, 3.8) is 0 Å². The lowest BCUT2D eigenvalue weighted by Gasteiger charge is -2.24. The van der Waals surface area contributed by atoms with Crippen LogP contribution in [0.5, 0.6) is 0 Å². The van der Waals surface area contributed by atoms with Gasteiger partial charge in [0.15, 0.2) is 11.5 Å². The number of rotatable bonds is 5. The van der Waals surface area contributed by atoms with Gasteiger partial charge in [0.1, 0.15) is 11.8 Å². The van der Waals surface area contributed by atoms with Crippen LogP contribution in [0.1, 0.15) is 20.3 Å². The normalized spacial score (nSPS) is 10.8. The van der Waals surface area contributed by atoms with Crippen molar-refractivity contribution in [2.75, 3.05) is 18.0 Å². The van der Waals surface area contributed by atoms with Crippen molar-refractivity contribution in [2.45, 2.75) is 20.3 Å². The molecule has 0 amide bonds. The van der Waals surface area contributed by atoms with E-state index in [1.54, 1.807) is 6.33 Å². The number of imidazole rings is 1. The molecule has 0 aromatic carbocycles. The van der Waals surface area contributed by atoms with Crippen LogP contribution in [-0.4, -0.2) is 33.0 Å². The van der Waals surface area contributed by atoms with Crippen molar-refractivity contribution in [3.05, 3.63) is 12.7 Å². The van der Waals surface area contributed by atoms with E-state index in [-0.39, 0.29) is 0 Å². The lowest BCUT2D eigenvalue weighted by Crippen LogP contribution is -2.29. The summed E-state index contributed by atoms with van der Waals surface area (Å²) in [5.74, 6) is 1.32. The van der Waals surface area contributed by atoms with E-state index in [4.69, 9.17) is 5.26 Å². The van der Waals surface area contributed by atoms with E-state index < -0.39 is 0 Å². The number of aromatic amines is 1. The Labute approximate surface area is 106 Å². The van der Waals surface area contributed by atoms with Crippen molar-refractivity contribution in [3.8, 4) is 6.07 Å². The van der Waals surface area contributed by atoms with E-state index in [9.17, 15) is 0 Å². The average Bonchev–Trinajstić information content (AvgIpc) is 2.82. The molecule has 0 bridgehead atoms. The molecule has 0 saturated carbocycles. The van der Waals surface area contributed by atoms with Gasteiger partial charge in [0.05, 0.1) is 18.8 Å². The molecular formula is C12H16N6. The number of hydrogen-bond donors (Lipinski definition) is 1. The highest BCUT2D eigenvalue weighted by molar-refractivity contribution is 5.82. The van der Waals surface area contributed by atoms with Gasteiger partial charge in [-0.25, -0.2) is 15.0 Å². The van der Waals surface area contributed by atoms with Crippen molar-refractivity contribution >= 4 is 17.0 Å². The summed E-state index contributed by atoms with van der Waals surface area (Å²) in [5.41, 5.74) is 1.49. The first-order valence-electron chi connectivity index (χ1n) is 5.98. The Kier molecular flexibility index (Phi) is 3.72. The first kappa shape index (κ1) is 12.3. The molecule has 0 unspecified atom stereocenters. The summed E-state index contributed by atoms with van der Waals surface area (Å²) < 4.78 is 0. The molecule has 2 aromatic heterocycles. The molecule has 18 heavy (non-hydrogen) atoms. The fraction of sp³-hybridized carbons (Fsp3) is 0.500. The van der Waals surface area contributed by atoms with Gasteiger partial charge in [-0.05, 0) is 5.92 Å². The molecule has 2 heterocycles. The molecule has 94 valence electrons. The fourth-order valence-electron chi connectivity index (χ4n) is 1.90. The second-order valence-corrected chi connectivity index (χ2v) is 4.55. The molecule has 0 atom stereocenters. The molecule has 0 aliphatic carbocycles. The van der Waals surface area contributed by atoms with Crippen molar-refractivity contribution < 1.29 is 0 Å². The minimum Gasteiger partial charge on any atom is -0.353 e. The van der Waals surface area contributed by atoms with Crippen LogP contribution in [-0.2, 0) is 0 Å². The Morgan fingerprint density at radius 2 is 2.22 bits per heavy atom. The predicted molar refractivity (Wildman–Crippen MR) is 69.0 cm³/mol. The highest BCUT2D eigenvalue weighted by atomic mass is 15.2. The summed E-state index contributed by atoms with van der Waals surface area (Å²) in [5, 5.41) is 8.74. The van der Waals surface area contributed by atoms with Gasteiger partial charge in [0, 0.05) is 13.1 Å². The summed E-state index contributed by atoms with van der Waals surface area (Å²) in [6.07, 6.45) is 3.60. The smallest absolute Gasteiger partial charge is 0.182 e. The van der Waals surface area contributed by atoms with E-state index in [0.29, 0.717) is 24.5 Å². The highest BCUT2D eigenvalue weighted by Crippen LogP contribution is 2.20. The molecule has 0 fully saturated rings. The molecule has 1 N–H and O–H groups in total. The van der Waals surface area contributed by atoms with Gasteiger partial charge in [-0.15, -0.1) is 0 Å². The number of fused-ring (bicyclic) bond motifs is 1. The monoisotopic (exact) mass is 244 g/mol. The molecule has 0 aliphatic rings. The van der Waals surface area contributed by atoms with Crippen LogP contribution >= 0.6 is 0 Å². The average molecular weight is 244 g/mol. The molecule has 6 nitrogen and oxygen atoms in total. The summed E-state index contributed by atoms with van der Waals surface area (Å²) in [6, 6.07) is 2.17. The molecule has 6 heteroatoms. The van der Waals surface area contributed by atoms with Gasteiger partial charge in [-0.1, -0.05) is 13.8 Å².